The normalized spacial score (nSPS) is 28.2. The van der Waals surface area contributed by atoms with Gasteiger partial charge in [-0.2, -0.15) is 5.01 Å². The SMILES string of the molecule is C1=C(c2ccco2)NN2[C@H]1c1ccccc1OC21CCC(c2ccccc2)CC1. The number of fused-ring (bicyclic) bond motifs is 4. The predicted octanol–water partition coefficient (Wildman–Crippen LogP) is 5.63. The largest absolute Gasteiger partial charge is 0.471 e. The van der Waals surface area contributed by atoms with E-state index in [1.807, 2.05) is 12.1 Å². The Morgan fingerprint density at radius 1 is 0.897 bits per heavy atom. The Bertz CT molecular complexity index is 1030. The Hall–Kier alpha value is -2.98. The van der Waals surface area contributed by atoms with Gasteiger partial charge in [0.2, 0.25) is 0 Å². The fraction of sp³-hybridized carbons (Fsp3) is 0.280. The molecule has 0 saturated heterocycles. The highest BCUT2D eigenvalue weighted by Crippen LogP contribution is 2.51. The second kappa shape index (κ2) is 6.53. The quantitative estimate of drug-likeness (QED) is 0.621. The summed E-state index contributed by atoms with van der Waals surface area (Å²) in [6, 6.07) is 23.4. The molecule has 0 bridgehead atoms. The molecule has 29 heavy (non-hydrogen) atoms. The zero-order valence-electron chi connectivity index (χ0n) is 16.3. The molecule has 2 aliphatic heterocycles. The van der Waals surface area contributed by atoms with Crippen molar-refractivity contribution in [2.45, 2.75) is 43.4 Å². The zero-order valence-corrected chi connectivity index (χ0v) is 16.3. The zero-order chi connectivity index (χ0) is 19.3. The van der Waals surface area contributed by atoms with E-state index in [9.17, 15) is 0 Å². The molecule has 6 rings (SSSR count). The molecular weight excluding hydrogens is 360 g/mol. The van der Waals surface area contributed by atoms with Gasteiger partial charge in [0.05, 0.1) is 18.0 Å². The number of benzene rings is 2. The van der Waals surface area contributed by atoms with E-state index >= 15 is 0 Å². The smallest absolute Gasteiger partial charge is 0.180 e. The first kappa shape index (κ1) is 16.9. The van der Waals surface area contributed by atoms with E-state index < -0.39 is 0 Å². The average Bonchev–Trinajstić information content (AvgIpc) is 3.46. The number of nitrogens with one attached hydrogen (secondary N) is 1. The number of nitrogens with zero attached hydrogens (tertiary/aromatic N) is 1. The summed E-state index contributed by atoms with van der Waals surface area (Å²) >= 11 is 0. The first-order valence-electron chi connectivity index (χ1n) is 10.5. The maximum atomic E-state index is 6.72. The standard InChI is InChI=1S/C25H24N2O2/c1-2-7-18(8-3-1)19-12-14-25(15-13-19)27-22(20-9-4-5-10-23(20)29-25)17-21(26-27)24-11-6-16-28-24/h1-11,16-17,19,22,26H,12-15H2/t19?,22-,25?/m1/s1. The van der Waals surface area contributed by atoms with E-state index in [-0.39, 0.29) is 11.8 Å². The van der Waals surface area contributed by atoms with Gasteiger partial charge in [-0.1, -0.05) is 48.5 Å². The van der Waals surface area contributed by atoms with Crippen LogP contribution in [0.4, 0.5) is 0 Å². The lowest BCUT2D eigenvalue weighted by atomic mass is 9.78. The molecule has 0 unspecified atom stereocenters. The Labute approximate surface area is 170 Å². The Kier molecular flexibility index (Phi) is 3.81. The highest BCUT2D eigenvalue weighted by Gasteiger charge is 2.51. The van der Waals surface area contributed by atoms with Crippen molar-refractivity contribution in [3.05, 3.63) is 96.0 Å². The minimum atomic E-state index is -0.338. The molecule has 0 radical (unpaired) electrons. The number of ether oxygens (including phenoxy) is 1. The van der Waals surface area contributed by atoms with Crippen LogP contribution in [0.2, 0.25) is 0 Å². The van der Waals surface area contributed by atoms with Gasteiger partial charge >= 0.3 is 0 Å². The number of rotatable bonds is 2. The van der Waals surface area contributed by atoms with Gasteiger partial charge < -0.3 is 14.6 Å². The molecule has 1 atom stereocenters. The van der Waals surface area contributed by atoms with Crippen LogP contribution in [0.25, 0.3) is 5.70 Å². The molecular formula is C25H24N2O2. The van der Waals surface area contributed by atoms with Gasteiger partial charge in [-0.05, 0) is 48.6 Å². The summed E-state index contributed by atoms with van der Waals surface area (Å²) in [5.74, 6) is 2.47. The number of hydrogen-bond donors (Lipinski definition) is 1. The third-order valence-electron chi connectivity index (χ3n) is 6.64. The van der Waals surface area contributed by atoms with Gasteiger partial charge in [0.25, 0.3) is 0 Å². The van der Waals surface area contributed by atoms with E-state index in [2.05, 4.69) is 71.1 Å². The third-order valence-corrected chi connectivity index (χ3v) is 6.64. The second-order valence-corrected chi connectivity index (χ2v) is 8.26. The molecule has 4 nitrogen and oxygen atoms in total. The molecule has 146 valence electrons. The van der Waals surface area contributed by atoms with Crippen LogP contribution in [0.3, 0.4) is 0 Å². The molecule has 1 fully saturated rings. The van der Waals surface area contributed by atoms with Gasteiger partial charge in [0.15, 0.2) is 11.5 Å². The van der Waals surface area contributed by atoms with E-state index in [0.717, 1.165) is 42.9 Å². The van der Waals surface area contributed by atoms with Crippen LogP contribution in [-0.2, 0) is 0 Å². The summed E-state index contributed by atoms with van der Waals surface area (Å²) in [6.45, 7) is 0. The van der Waals surface area contributed by atoms with E-state index in [4.69, 9.17) is 9.15 Å². The predicted molar refractivity (Wildman–Crippen MR) is 112 cm³/mol. The van der Waals surface area contributed by atoms with Gasteiger partial charge in [0.1, 0.15) is 5.75 Å². The number of hydrogen-bond acceptors (Lipinski definition) is 4. The molecule has 1 aliphatic carbocycles. The molecule has 2 aromatic carbocycles. The maximum absolute atomic E-state index is 6.72. The van der Waals surface area contributed by atoms with E-state index in [1.54, 1.807) is 6.26 Å². The number of furan rings is 1. The van der Waals surface area contributed by atoms with Crippen molar-refractivity contribution in [1.82, 2.24) is 10.4 Å². The van der Waals surface area contributed by atoms with Crippen LogP contribution in [0.1, 0.15) is 54.5 Å². The molecule has 4 heteroatoms. The van der Waals surface area contributed by atoms with Crippen LogP contribution < -0.4 is 10.2 Å². The topological polar surface area (TPSA) is 37.6 Å². The highest BCUT2D eigenvalue weighted by atomic mass is 16.5. The minimum absolute atomic E-state index is 0.147. The number of para-hydroxylation sites is 1. The van der Waals surface area contributed by atoms with Gasteiger partial charge in [-0.25, -0.2) is 0 Å². The first-order valence-corrected chi connectivity index (χ1v) is 10.5. The van der Waals surface area contributed by atoms with Crippen molar-refractivity contribution in [3.8, 4) is 5.75 Å². The highest BCUT2D eigenvalue weighted by molar-refractivity contribution is 5.64. The minimum Gasteiger partial charge on any atom is -0.471 e. The van der Waals surface area contributed by atoms with Crippen molar-refractivity contribution < 1.29 is 9.15 Å². The lowest BCUT2D eigenvalue weighted by Crippen LogP contribution is -2.60. The van der Waals surface area contributed by atoms with Crippen LogP contribution in [0, 0.1) is 0 Å². The van der Waals surface area contributed by atoms with Crippen molar-refractivity contribution in [2.75, 3.05) is 0 Å². The van der Waals surface area contributed by atoms with Crippen molar-refractivity contribution in [2.24, 2.45) is 0 Å². The van der Waals surface area contributed by atoms with E-state index in [0.29, 0.717) is 5.92 Å². The molecule has 3 heterocycles. The summed E-state index contributed by atoms with van der Waals surface area (Å²) in [5, 5.41) is 2.33. The summed E-state index contributed by atoms with van der Waals surface area (Å²) < 4.78 is 12.4. The molecule has 1 N–H and O–H groups in total. The summed E-state index contributed by atoms with van der Waals surface area (Å²) in [6.07, 6.45) is 8.21. The summed E-state index contributed by atoms with van der Waals surface area (Å²) in [4.78, 5) is 0. The van der Waals surface area contributed by atoms with E-state index in [1.165, 1.54) is 11.1 Å². The molecule has 1 saturated carbocycles. The Balaban J connectivity index is 1.34. The fourth-order valence-electron chi connectivity index (χ4n) is 5.16. The molecule has 3 aromatic rings. The van der Waals surface area contributed by atoms with Crippen LogP contribution in [0.5, 0.6) is 5.75 Å². The van der Waals surface area contributed by atoms with Crippen LogP contribution >= 0.6 is 0 Å². The fourth-order valence-corrected chi connectivity index (χ4v) is 5.16. The lowest BCUT2D eigenvalue weighted by molar-refractivity contribution is -0.152. The van der Waals surface area contributed by atoms with Crippen molar-refractivity contribution in [3.63, 3.8) is 0 Å². The lowest BCUT2D eigenvalue weighted by Gasteiger charge is -2.51. The van der Waals surface area contributed by atoms with Crippen molar-refractivity contribution in [1.29, 1.82) is 0 Å². The summed E-state index contributed by atoms with van der Waals surface area (Å²) in [5.41, 5.74) is 6.96. The Morgan fingerprint density at radius 3 is 2.48 bits per heavy atom. The van der Waals surface area contributed by atoms with Gasteiger partial charge in [0, 0.05) is 18.4 Å². The average molecular weight is 384 g/mol. The monoisotopic (exact) mass is 384 g/mol. The number of hydrazine groups is 1. The second-order valence-electron chi connectivity index (χ2n) is 8.26. The van der Waals surface area contributed by atoms with Gasteiger partial charge in [-0.15, -0.1) is 0 Å². The first-order chi connectivity index (χ1) is 14.3. The van der Waals surface area contributed by atoms with Crippen LogP contribution in [-0.4, -0.2) is 10.7 Å². The molecule has 0 amide bonds. The molecule has 3 aliphatic rings. The molecule has 1 spiro atoms. The molecule has 1 aromatic heterocycles. The van der Waals surface area contributed by atoms with Crippen molar-refractivity contribution >= 4 is 5.70 Å². The summed E-state index contributed by atoms with van der Waals surface area (Å²) in [7, 11) is 0. The Morgan fingerprint density at radius 2 is 1.69 bits per heavy atom. The maximum Gasteiger partial charge on any atom is 0.180 e. The third kappa shape index (κ3) is 2.70. The van der Waals surface area contributed by atoms with Gasteiger partial charge in [-0.3, -0.25) is 0 Å². The van der Waals surface area contributed by atoms with Crippen LogP contribution in [0.15, 0.2) is 83.5 Å².